The average molecular weight is 527 g/mol. The third-order valence-corrected chi connectivity index (χ3v) is 7.39. The first-order valence-electron chi connectivity index (χ1n) is 10.7. The number of nitrogens with one attached hydrogen (secondary N) is 1. The van der Waals surface area contributed by atoms with Gasteiger partial charge in [-0.1, -0.05) is 18.2 Å². The van der Waals surface area contributed by atoms with Crippen molar-refractivity contribution in [3.63, 3.8) is 0 Å². The number of nitrogens with zero attached hydrogens (tertiary/aromatic N) is 1. The van der Waals surface area contributed by atoms with Crippen molar-refractivity contribution in [3.8, 4) is 0 Å². The number of amides is 2. The van der Waals surface area contributed by atoms with Gasteiger partial charge in [-0.3, -0.25) is 14.4 Å². The van der Waals surface area contributed by atoms with E-state index < -0.39 is 51.7 Å². The molecule has 1 heterocycles. The van der Waals surface area contributed by atoms with Crippen molar-refractivity contribution in [1.82, 2.24) is 4.90 Å². The van der Waals surface area contributed by atoms with Gasteiger partial charge >= 0.3 is 12.1 Å². The van der Waals surface area contributed by atoms with Crippen LogP contribution in [0.5, 0.6) is 0 Å². The van der Waals surface area contributed by atoms with E-state index >= 15 is 0 Å². The number of fused-ring (bicyclic) bond motifs is 1. The number of hydrogen-bond acceptors (Lipinski definition) is 6. The molecule has 1 aliphatic rings. The summed E-state index contributed by atoms with van der Waals surface area (Å²) in [6, 6.07) is 8.07. The Balaban J connectivity index is 1.89. The molecule has 2 amide bonds. The lowest BCUT2D eigenvalue weighted by Crippen LogP contribution is -2.41. The van der Waals surface area contributed by atoms with Gasteiger partial charge in [0.1, 0.15) is 6.04 Å². The van der Waals surface area contributed by atoms with E-state index in [4.69, 9.17) is 0 Å². The number of hydrogen-bond donors (Lipinski definition) is 1. The van der Waals surface area contributed by atoms with Crippen molar-refractivity contribution in [2.45, 2.75) is 49.3 Å². The van der Waals surface area contributed by atoms with Crippen molar-refractivity contribution in [3.05, 3.63) is 59.2 Å². The molecule has 2 unspecified atom stereocenters. The molecule has 2 aromatic carbocycles. The summed E-state index contributed by atoms with van der Waals surface area (Å²) in [6.07, 6.45) is -4.61. The highest BCUT2D eigenvalue weighted by Gasteiger charge is 2.53. The molecule has 0 aliphatic carbocycles. The minimum absolute atomic E-state index is 0.0303. The molecule has 0 bridgehead atoms. The van der Waals surface area contributed by atoms with Crippen molar-refractivity contribution >= 4 is 33.3 Å². The lowest BCUT2D eigenvalue weighted by atomic mass is 9.78. The summed E-state index contributed by atoms with van der Waals surface area (Å²) in [7, 11) is -2.49. The molecule has 12 heteroatoms. The second-order valence-electron chi connectivity index (χ2n) is 8.83. The molecular weight excluding hydrogens is 501 g/mol. The number of benzene rings is 2. The van der Waals surface area contributed by atoms with Gasteiger partial charge in [-0.2, -0.15) is 13.2 Å². The normalized spacial score (nSPS) is 17.2. The Morgan fingerprint density at radius 3 is 2.22 bits per heavy atom. The lowest BCUT2D eigenvalue weighted by Gasteiger charge is -2.31. The van der Waals surface area contributed by atoms with Gasteiger partial charge in [-0.15, -0.1) is 0 Å². The van der Waals surface area contributed by atoms with Crippen molar-refractivity contribution in [2.75, 3.05) is 18.7 Å². The number of methoxy groups -OCH3 is 1. The van der Waals surface area contributed by atoms with Gasteiger partial charge in [0.05, 0.1) is 23.8 Å². The van der Waals surface area contributed by atoms with Gasteiger partial charge in [0.15, 0.2) is 9.84 Å². The highest BCUT2D eigenvalue weighted by atomic mass is 32.2. The molecule has 3 rings (SSSR count). The van der Waals surface area contributed by atoms with Crippen LogP contribution >= 0.6 is 0 Å². The quantitative estimate of drug-likeness (QED) is 0.577. The topological polar surface area (TPSA) is 110 Å². The molecule has 36 heavy (non-hydrogen) atoms. The van der Waals surface area contributed by atoms with Crippen molar-refractivity contribution in [2.24, 2.45) is 0 Å². The summed E-state index contributed by atoms with van der Waals surface area (Å²) in [5.74, 6) is -2.04. The number of carbonyl (C=O) groups is 3. The zero-order chi connectivity index (χ0) is 27.1. The molecular formula is C24H25F3N2O6S. The van der Waals surface area contributed by atoms with Crippen LogP contribution in [0.4, 0.5) is 18.9 Å². The lowest BCUT2D eigenvalue weighted by molar-refractivity contribution is -0.193. The fourth-order valence-corrected chi connectivity index (χ4v) is 4.77. The Morgan fingerprint density at radius 2 is 1.72 bits per heavy atom. The van der Waals surface area contributed by atoms with Crippen LogP contribution in [0, 0.1) is 0 Å². The van der Waals surface area contributed by atoms with Crippen LogP contribution in [0.25, 0.3) is 0 Å². The molecule has 0 saturated carbocycles. The summed E-state index contributed by atoms with van der Waals surface area (Å²) in [4.78, 5) is 38.3. The van der Waals surface area contributed by atoms with Gasteiger partial charge in [0.25, 0.3) is 5.91 Å². The van der Waals surface area contributed by atoms with Crippen LogP contribution in [0.3, 0.4) is 0 Å². The maximum absolute atomic E-state index is 13.8. The van der Waals surface area contributed by atoms with Crippen LogP contribution in [0.1, 0.15) is 43.0 Å². The van der Waals surface area contributed by atoms with Crippen LogP contribution < -0.4 is 5.32 Å². The zero-order valence-electron chi connectivity index (χ0n) is 20.0. The SMILES string of the molecule is COC(=O)CC(C)(c1ccc(NC(=O)C2c3ccc(S(C)(=O)=O)cc3CN2C(C)=O)cc1)C(F)(F)F. The Hall–Kier alpha value is -3.41. The standard InChI is InChI=1S/C24H25F3N2O6S/c1-14(30)29-13-15-11-18(36(4,33)34)9-10-19(15)21(29)22(32)28-17-7-5-16(6-8-17)23(2,24(25,26)27)12-20(31)35-3/h5-11,21H,12-13H2,1-4H3,(H,28,32). The summed E-state index contributed by atoms with van der Waals surface area (Å²) in [5.41, 5.74) is -1.56. The molecule has 194 valence electrons. The fourth-order valence-electron chi connectivity index (χ4n) is 4.09. The molecule has 1 N–H and O–H groups in total. The first-order valence-corrected chi connectivity index (χ1v) is 12.6. The minimum atomic E-state index is -4.74. The van der Waals surface area contributed by atoms with E-state index in [0.29, 0.717) is 11.1 Å². The number of sulfone groups is 1. The van der Waals surface area contributed by atoms with E-state index in [1.807, 2.05) is 0 Å². The zero-order valence-corrected chi connectivity index (χ0v) is 20.8. The minimum Gasteiger partial charge on any atom is -0.469 e. The van der Waals surface area contributed by atoms with Crippen molar-refractivity contribution < 1.29 is 40.7 Å². The van der Waals surface area contributed by atoms with Crippen LogP contribution in [-0.4, -0.2) is 50.6 Å². The molecule has 0 aromatic heterocycles. The third kappa shape index (κ3) is 5.23. The average Bonchev–Trinajstić information content (AvgIpc) is 3.17. The predicted molar refractivity (Wildman–Crippen MR) is 124 cm³/mol. The monoisotopic (exact) mass is 526 g/mol. The maximum atomic E-state index is 13.8. The summed E-state index contributed by atoms with van der Waals surface area (Å²) in [5, 5.41) is 2.60. The van der Waals surface area contributed by atoms with E-state index in [1.54, 1.807) is 0 Å². The maximum Gasteiger partial charge on any atom is 0.398 e. The molecule has 0 radical (unpaired) electrons. The smallest absolute Gasteiger partial charge is 0.398 e. The van der Waals surface area contributed by atoms with Gasteiger partial charge in [-0.05, 0) is 47.9 Å². The number of rotatable bonds is 6. The molecule has 8 nitrogen and oxygen atoms in total. The Kier molecular flexibility index (Phi) is 7.22. The second-order valence-corrected chi connectivity index (χ2v) is 10.8. The summed E-state index contributed by atoms with van der Waals surface area (Å²) < 4.78 is 69.6. The molecule has 0 fully saturated rings. The molecule has 1 aliphatic heterocycles. The summed E-state index contributed by atoms with van der Waals surface area (Å²) >= 11 is 0. The van der Waals surface area contributed by atoms with Crippen LogP contribution in [0.2, 0.25) is 0 Å². The summed E-state index contributed by atoms with van der Waals surface area (Å²) in [6.45, 7) is 2.20. The Morgan fingerprint density at radius 1 is 1.11 bits per heavy atom. The highest BCUT2D eigenvalue weighted by Crippen LogP contribution is 2.44. The number of esters is 1. The second kappa shape index (κ2) is 9.57. The Bertz CT molecular complexity index is 1310. The predicted octanol–water partition coefficient (Wildman–Crippen LogP) is 3.52. The van der Waals surface area contributed by atoms with E-state index in [9.17, 15) is 36.0 Å². The van der Waals surface area contributed by atoms with Gasteiger partial charge in [0.2, 0.25) is 5.91 Å². The third-order valence-electron chi connectivity index (χ3n) is 6.28. The number of carbonyl (C=O) groups excluding carboxylic acids is 3. The van der Waals surface area contributed by atoms with Crippen LogP contribution in [0.15, 0.2) is 47.4 Å². The molecule has 2 aromatic rings. The highest BCUT2D eigenvalue weighted by molar-refractivity contribution is 7.90. The number of alkyl halides is 3. The molecule has 0 saturated heterocycles. The van der Waals surface area contributed by atoms with E-state index in [0.717, 1.165) is 32.4 Å². The van der Waals surface area contributed by atoms with E-state index in [1.165, 1.54) is 42.2 Å². The van der Waals surface area contributed by atoms with Gasteiger partial charge in [-0.25, -0.2) is 8.42 Å². The first-order chi connectivity index (χ1) is 16.6. The first kappa shape index (κ1) is 27.2. The number of ether oxygens (including phenoxy) is 1. The van der Waals surface area contributed by atoms with Gasteiger partial charge < -0.3 is 15.0 Å². The molecule has 2 atom stereocenters. The number of halogens is 3. The van der Waals surface area contributed by atoms with Crippen LogP contribution in [-0.2, 0) is 40.9 Å². The number of anilines is 1. The molecule has 0 spiro atoms. The van der Waals surface area contributed by atoms with E-state index in [-0.39, 0.29) is 22.7 Å². The largest absolute Gasteiger partial charge is 0.469 e. The van der Waals surface area contributed by atoms with Crippen molar-refractivity contribution in [1.29, 1.82) is 0 Å². The Labute approximate surface area is 206 Å². The van der Waals surface area contributed by atoms with E-state index in [2.05, 4.69) is 10.1 Å². The fraction of sp³-hybridized carbons (Fsp3) is 0.375. The van der Waals surface area contributed by atoms with Gasteiger partial charge in [0, 0.05) is 25.4 Å².